The first kappa shape index (κ1) is 13.3. The maximum atomic E-state index is 10.4. The molecule has 7 heteroatoms. The standard InChI is InChI=1S/C7H12O2.H2O4S/c8-7(9)6-4-2-1-3-5-6;1-5(2,3)4/h6H,1-5H2,(H,8,9);(H2,1,2,3,4). The first-order valence-electron chi connectivity index (χ1n) is 4.23. The van der Waals surface area contributed by atoms with Crippen molar-refractivity contribution in [2.24, 2.45) is 5.92 Å². The fraction of sp³-hybridized carbons (Fsp3) is 0.857. The highest BCUT2D eigenvalue weighted by Crippen LogP contribution is 2.23. The monoisotopic (exact) mass is 226 g/mol. The summed E-state index contributed by atoms with van der Waals surface area (Å²) in [6.07, 6.45) is 5.24. The second kappa shape index (κ2) is 5.94. The van der Waals surface area contributed by atoms with Crippen LogP contribution in [-0.4, -0.2) is 28.6 Å². The minimum Gasteiger partial charge on any atom is -0.481 e. The zero-order valence-corrected chi connectivity index (χ0v) is 8.40. The quantitative estimate of drug-likeness (QED) is 0.575. The van der Waals surface area contributed by atoms with E-state index in [1.54, 1.807) is 0 Å². The molecule has 14 heavy (non-hydrogen) atoms. The van der Waals surface area contributed by atoms with Gasteiger partial charge in [0.2, 0.25) is 0 Å². The second-order valence-electron chi connectivity index (χ2n) is 3.12. The van der Waals surface area contributed by atoms with Gasteiger partial charge in [-0.15, -0.1) is 0 Å². The van der Waals surface area contributed by atoms with Crippen molar-refractivity contribution in [3.63, 3.8) is 0 Å². The van der Waals surface area contributed by atoms with Gasteiger partial charge in [0, 0.05) is 0 Å². The van der Waals surface area contributed by atoms with Crippen LogP contribution in [0.2, 0.25) is 0 Å². The average Bonchev–Trinajstić information content (AvgIpc) is 2.03. The minimum atomic E-state index is -4.67. The molecule has 1 aliphatic rings. The predicted octanol–water partition coefficient (Wildman–Crippen LogP) is 0.999. The van der Waals surface area contributed by atoms with Gasteiger partial charge in [-0.1, -0.05) is 19.3 Å². The molecule has 1 fully saturated rings. The first-order chi connectivity index (χ1) is 6.30. The van der Waals surface area contributed by atoms with Crippen molar-refractivity contribution in [3.8, 4) is 0 Å². The van der Waals surface area contributed by atoms with Crippen LogP contribution < -0.4 is 0 Å². The summed E-state index contributed by atoms with van der Waals surface area (Å²) < 4.78 is 31.6. The van der Waals surface area contributed by atoms with E-state index < -0.39 is 16.4 Å². The van der Waals surface area contributed by atoms with E-state index in [1.807, 2.05) is 0 Å². The summed E-state index contributed by atoms with van der Waals surface area (Å²) in [5, 5.41) is 8.54. The summed E-state index contributed by atoms with van der Waals surface area (Å²) in [6.45, 7) is 0. The molecule has 0 heterocycles. The van der Waals surface area contributed by atoms with E-state index in [0.717, 1.165) is 25.7 Å². The van der Waals surface area contributed by atoms with E-state index in [1.165, 1.54) is 6.42 Å². The molecule has 1 aliphatic carbocycles. The molecule has 0 amide bonds. The molecule has 0 aliphatic heterocycles. The largest absolute Gasteiger partial charge is 0.481 e. The molecular weight excluding hydrogens is 212 g/mol. The van der Waals surface area contributed by atoms with Crippen LogP contribution in [0.1, 0.15) is 32.1 Å². The fourth-order valence-electron chi connectivity index (χ4n) is 1.35. The third-order valence-corrected chi connectivity index (χ3v) is 1.95. The Morgan fingerprint density at radius 2 is 1.43 bits per heavy atom. The molecule has 0 saturated heterocycles. The predicted molar refractivity (Wildman–Crippen MR) is 48.4 cm³/mol. The number of hydrogen-bond acceptors (Lipinski definition) is 3. The Balaban J connectivity index is 0.000000292. The molecule has 6 nitrogen and oxygen atoms in total. The van der Waals surface area contributed by atoms with Crippen LogP contribution in [0.25, 0.3) is 0 Å². The molecule has 0 radical (unpaired) electrons. The van der Waals surface area contributed by atoms with Gasteiger partial charge in [0.1, 0.15) is 0 Å². The summed E-state index contributed by atoms with van der Waals surface area (Å²) in [6, 6.07) is 0. The molecule has 0 atom stereocenters. The lowest BCUT2D eigenvalue weighted by molar-refractivity contribution is -0.142. The van der Waals surface area contributed by atoms with Crippen molar-refractivity contribution >= 4 is 16.4 Å². The molecule has 1 saturated carbocycles. The number of carboxylic acids is 1. The van der Waals surface area contributed by atoms with Crippen LogP contribution in [0.4, 0.5) is 0 Å². The Kier molecular flexibility index (Phi) is 5.66. The summed E-state index contributed by atoms with van der Waals surface area (Å²) in [5.41, 5.74) is 0. The molecule has 0 bridgehead atoms. The molecule has 3 N–H and O–H groups in total. The Morgan fingerprint density at radius 3 is 1.64 bits per heavy atom. The van der Waals surface area contributed by atoms with Crippen LogP contribution in [0.5, 0.6) is 0 Å². The zero-order valence-electron chi connectivity index (χ0n) is 7.59. The highest BCUT2D eigenvalue weighted by Gasteiger charge is 2.19. The first-order valence-corrected chi connectivity index (χ1v) is 5.63. The van der Waals surface area contributed by atoms with E-state index >= 15 is 0 Å². The minimum absolute atomic E-state index is 0.0289. The normalized spacial score (nSPS) is 18.1. The third kappa shape index (κ3) is 9.43. The Bertz CT molecular complexity index is 256. The number of hydrogen-bond donors (Lipinski definition) is 3. The molecule has 1 rings (SSSR count). The number of carbonyl (C=O) groups is 1. The summed E-state index contributed by atoms with van der Waals surface area (Å²) in [5.74, 6) is -0.631. The molecule has 0 aromatic carbocycles. The van der Waals surface area contributed by atoms with Gasteiger partial charge < -0.3 is 5.11 Å². The SMILES string of the molecule is O=C(O)C1CCCCC1.O=S(=O)(O)O. The topological polar surface area (TPSA) is 112 Å². The molecule has 0 aromatic rings. The Morgan fingerprint density at radius 1 is 1.07 bits per heavy atom. The van der Waals surface area contributed by atoms with Crippen LogP contribution in [0.15, 0.2) is 0 Å². The highest BCUT2D eigenvalue weighted by molar-refractivity contribution is 7.79. The van der Waals surface area contributed by atoms with Gasteiger partial charge in [0.25, 0.3) is 0 Å². The van der Waals surface area contributed by atoms with Crippen LogP contribution in [0.3, 0.4) is 0 Å². The highest BCUT2D eigenvalue weighted by atomic mass is 32.3. The van der Waals surface area contributed by atoms with E-state index in [9.17, 15) is 4.79 Å². The van der Waals surface area contributed by atoms with Crippen molar-refractivity contribution in [2.45, 2.75) is 32.1 Å². The van der Waals surface area contributed by atoms with E-state index in [0.29, 0.717) is 0 Å². The molecule has 0 spiro atoms. The van der Waals surface area contributed by atoms with Gasteiger partial charge in [-0.05, 0) is 12.8 Å². The Hall–Kier alpha value is -0.660. The van der Waals surface area contributed by atoms with Gasteiger partial charge in [-0.3, -0.25) is 13.9 Å². The number of aliphatic carboxylic acids is 1. The van der Waals surface area contributed by atoms with E-state index in [2.05, 4.69) is 0 Å². The summed E-state index contributed by atoms with van der Waals surface area (Å²) >= 11 is 0. The van der Waals surface area contributed by atoms with Crippen LogP contribution in [0, 0.1) is 5.92 Å². The third-order valence-electron chi connectivity index (χ3n) is 1.95. The lowest BCUT2D eigenvalue weighted by atomic mass is 9.90. The van der Waals surface area contributed by atoms with E-state index in [-0.39, 0.29) is 5.92 Å². The molecular formula is C7H14O6S. The van der Waals surface area contributed by atoms with Crippen molar-refractivity contribution in [2.75, 3.05) is 0 Å². The second-order valence-corrected chi connectivity index (χ2v) is 4.02. The van der Waals surface area contributed by atoms with Gasteiger partial charge in [-0.2, -0.15) is 8.42 Å². The summed E-state index contributed by atoms with van der Waals surface area (Å²) in [7, 11) is -4.67. The van der Waals surface area contributed by atoms with Crippen molar-refractivity contribution in [1.29, 1.82) is 0 Å². The molecule has 0 unspecified atom stereocenters. The van der Waals surface area contributed by atoms with Crippen molar-refractivity contribution < 1.29 is 27.4 Å². The van der Waals surface area contributed by atoms with Gasteiger partial charge in [0.05, 0.1) is 5.92 Å². The van der Waals surface area contributed by atoms with Gasteiger partial charge in [0.15, 0.2) is 0 Å². The lowest BCUT2D eigenvalue weighted by Crippen LogP contribution is -2.16. The lowest BCUT2D eigenvalue weighted by Gasteiger charge is -2.16. The van der Waals surface area contributed by atoms with Crippen molar-refractivity contribution in [3.05, 3.63) is 0 Å². The van der Waals surface area contributed by atoms with Gasteiger partial charge in [-0.25, -0.2) is 0 Å². The Labute approximate surface area is 82.5 Å². The maximum absolute atomic E-state index is 10.4. The number of rotatable bonds is 1. The van der Waals surface area contributed by atoms with Crippen LogP contribution in [-0.2, 0) is 15.2 Å². The average molecular weight is 226 g/mol. The van der Waals surface area contributed by atoms with Crippen molar-refractivity contribution in [1.82, 2.24) is 0 Å². The molecule has 0 aromatic heterocycles. The smallest absolute Gasteiger partial charge is 0.394 e. The fourth-order valence-corrected chi connectivity index (χ4v) is 1.35. The van der Waals surface area contributed by atoms with Gasteiger partial charge >= 0.3 is 16.4 Å². The summed E-state index contributed by atoms with van der Waals surface area (Å²) in [4.78, 5) is 10.4. The van der Waals surface area contributed by atoms with Crippen LogP contribution >= 0.6 is 0 Å². The zero-order chi connectivity index (χ0) is 11.2. The number of carboxylic acid groups (broad SMARTS) is 1. The molecule has 84 valence electrons. The van der Waals surface area contributed by atoms with E-state index in [4.69, 9.17) is 22.6 Å². The maximum Gasteiger partial charge on any atom is 0.394 e.